The quantitative estimate of drug-likeness (QED) is 0.773. The average Bonchev–Trinajstić information content (AvgIpc) is 2.82. The average molecular weight is 402 g/mol. The maximum atomic E-state index is 12.7. The van der Waals surface area contributed by atoms with E-state index in [4.69, 9.17) is 0 Å². The molecule has 6 nitrogen and oxygen atoms in total. The molecule has 0 bridgehead atoms. The van der Waals surface area contributed by atoms with E-state index in [9.17, 15) is 14.4 Å². The lowest BCUT2D eigenvalue weighted by Gasteiger charge is -2.22. The summed E-state index contributed by atoms with van der Waals surface area (Å²) in [4.78, 5) is 38.1. The highest BCUT2D eigenvalue weighted by atomic mass is 79.9. The second kappa shape index (κ2) is 6.68. The Morgan fingerprint density at radius 3 is 2.40 bits per heavy atom. The number of carbonyl (C=O) groups is 3. The van der Waals surface area contributed by atoms with Crippen molar-refractivity contribution in [3.63, 3.8) is 0 Å². The monoisotopic (exact) mass is 401 g/mol. The molecule has 1 aliphatic rings. The molecule has 25 heavy (non-hydrogen) atoms. The van der Waals surface area contributed by atoms with Crippen molar-refractivity contribution in [3.05, 3.63) is 64.6 Å². The Hall–Kier alpha value is -2.67. The molecule has 0 radical (unpaired) electrons. The van der Waals surface area contributed by atoms with E-state index in [1.165, 1.54) is 0 Å². The van der Waals surface area contributed by atoms with E-state index in [0.29, 0.717) is 11.3 Å². The summed E-state index contributed by atoms with van der Waals surface area (Å²) in [5.74, 6) is -0.891. The van der Waals surface area contributed by atoms with E-state index < -0.39 is 23.4 Å². The fourth-order valence-electron chi connectivity index (χ4n) is 2.69. The molecule has 1 saturated heterocycles. The number of urea groups is 1. The van der Waals surface area contributed by atoms with Gasteiger partial charge < -0.3 is 10.6 Å². The SMILES string of the molecule is C[C@]1(c2ccccc2)NC(=O)N(CC(=O)Nc2ccc(Br)cc2)C1=O. The number of anilines is 1. The molecule has 128 valence electrons. The number of halogens is 1. The summed E-state index contributed by atoms with van der Waals surface area (Å²) in [6.07, 6.45) is 0. The molecular weight excluding hydrogens is 386 g/mol. The number of nitrogens with zero attached hydrogens (tertiary/aromatic N) is 1. The molecule has 1 atom stereocenters. The Morgan fingerprint density at radius 1 is 1.12 bits per heavy atom. The number of benzene rings is 2. The smallest absolute Gasteiger partial charge is 0.325 e. The van der Waals surface area contributed by atoms with E-state index in [-0.39, 0.29) is 6.54 Å². The van der Waals surface area contributed by atoms with E-state index in [0.717, 1.165) is 9.37 Å². The molecule has 2 aromatic rings. The van der Waals surface area contributed by atoms with Crippen LogP contribution in [0.15, 0.2) is 59.1 Å². The van der Waals surface area contributed by atoms with Gasteiger partial charge in [0.2, 0.25) is 5.91 Å². The van der Waals surface area contributed by atoms with Crippen LogP contribution in [0.2, 0.25) is 0 Å². The third-order valence-electron chi connectivity index (χ3n) is 4.06. The van der Waals surface area contributed by atoms with Crippen molar-refractivity contribution in [3.8, 4) is 0 Å². The molecular formula is C18H16BrN3O3. The summed E-state index contributed by atoms with van der Waals surface area (Å²) in [7, 11) is 0. The van der Waals surface area contributed by atoms with Crippen LogP contribution in [-0.4, -0.2) is 29.3 Å². The summed E-state index contributed by atoms with van der Waals surface area (Å²) in [6, 6.07) is 15.4. The number of carbonyl (C=O) groups excluding carboxylic acids is 3. The standard InChI is InChI=1S/C18H16BrN3O3/c1-18(12-5-3-2-4-6-12)16(24)22(17(25)21-18)11-15(23)20-14-9-7-13(19)8-10-14/h2-10H,11H2,1H3,(H,20,23)(H,21,25)/t18-/m1/s1. The summed E-state index contributed by atoms with van der Waals surface area (Å²) in [5.41, 5.74) is 0.0891. The third-order valence-corrected chi connectivity index (χ3v) is 4.58. The predicted octanol–water partition coefficient (Wildman–Crippen LogP) is 2.85. The summed E-state index contributed by atoms with van der Waals surface area (Å²) in [6.45, 7) is 1.29. The molecule has 2 aromatic carbocycles. The first-order valence-corrected chi connectivity index (χ1v) is 8.44. The Kier molecular flexibility index (Phi) is 4.59. The van der Waals surface area contributed by atoms with Crippen LogP contribution in [0, 0.1) is 0 Å². The number of rotatable bonds is 4. The fraction of sp³-hybridized carbons (Fsp3) is 0.167. The van der Waals surface area contributed by atoms with Crippen LogP contribution < -0.4 is 10.6 Å². The first-order valence-electron chi connectivity index (χ1n) is 7.65. The number of hydrogen-bond acceptors (Lipinski definition) is 3. The molecule has 0 aromatic heterocycles. The molecule has 0 spiro atoms. The minimum absolute atomic E-state index is 0.344. The van der Waals surface area contributed by atoms with Crippen molar-refractivity contribution < 1.29 is 14.4 Å². The second-order valence-electron chi connectivity index (χ2n) is 5.87. The van der Waals surface area contributed by atoms with Gasteiger partial charge in [-0.1, -0.05) is 46.3 Å². The van der Waals surface area contributed by atoms with E-state index in [2.05, 4.69) is 26.6 Å². The van der Waals surface area contributed by atoms with Crippen LogP contribution in [0.25, 0.3) is 0 Å². The van der Waals surface area contributed by atoms with Crippen LogP contribution in [0.5, 0.6) is 0 Å². The fourth-order valence-corrected chi connectivity index (χ4v) is 2.95. The minimum atomic E-state index is -1.17. The Labute approximate surface area is 153 Å². The molecule has 1 fully saturated rings. The summed E-state index contributed by atoms with van der Waals surface area (Å²) < 4.78 is 0.887. The molecule has 1 aliphatic heterocycles. The lowest BCUT2D eigenvalue weighted by Crippen LogP contribution is -2.42. The van der Waals surface area contributed by atoms with Gasteiger partial charge >= 0.3 is 6.03 Å². The third kappa shape index (κ3) is 3.41. The van der Waals surface area contributed by atoms with Crippen LogP contribution in [0.4, 0.5) is 10.5 Å². The van der Waals surface area contributed by atoms with Gasteiger partial charge in [0.05, 0.1) is 0 Å². The van der Waals surface area contributed by atoms with Crippen LogP contribution in [-0.2, 0) is 15.1 Å². The lowest BCUT2D eigenvalue weighted by molar-refractivity contribution is -0.133. The second-order valence-corrected chi connectivity index (χ2v) is 6.78. The van der Waals surface area contributed by atoms with Crippen molar-refractivity contribution in [2.45, 2.75) is 12.5 Å². The molecule has 2 N–H and O–H groups in total. The predicted molar refractivity (Wildman–Crippen MR) is 96.8 cm³/mol. The van der Waals surface area contributed by atoms with Gasteiger partial charge in [0.15, 0.2) is 0 Å². The number of imide groups is 1. The van der Waals surface area contributed by atoms with E-state index in [1.54, 1.807) is 55.5 Å². The van der Waals surface area contributed by atoms with Crippen molar-refractivity contribution in [2.24, 2.45) is 0 Å². The van der Waals surface area contributed by atoms with Gasteiger partial charge in [0.25, 0.3) is 5.91 Å². The Morgan fingerprint density at radius 2 is 1.76 bits per heavy atom. The Bertz CT molecular complexity index is 823. The van der Waals surface area contributed by atoms with Gasteiger partial charge in [0, 0.05) is 10.2 Å². The largest absolute Gasteiger partial charge is 0.325 e. The molecule has 0 aliphatic carbocycles. The van der Waals surface area contributed by atoms with Gasteiger partial charge in [0.1, 0.15) is 12.1 Å². The van der Waals surface area contributed by atoms with E-state index in [1.807, 2.05) is 6.07 Å². The molecule has 7 heteroatoms. The summed E-state index contributed by atoms with van der Waals surface area (Å²) >= 11 is 3.31. The molecule has 1 heterocycles. The highest BCUT2D eigenvalue weighted by Gasteiger charge is 2.49. The zero-order valence-electron chi connectivity index (χ0n) is 13.5. The van der Waals surface area contributed by atoms with Gasteiger partial charge in [-0.05, 0) is 36.8 Å². The van der Waals surface area contributed by atoms with Crippen molar-refractivity contribution in [2.75, 3.05) is 11.9 Å². The van der Waals surface area contributed by atoms with Crippen LogP contribution >= 0.6 is 15.9 Å². The molecule has 0 unspecified atom stereocenters. The first kappa shape index (κ1) is 17.2. The number of nitrogens with one attached hydrogen (secondary N) is 2. The van der Waals surface area contributed by atoms with Crippen molar-refractivity contribution >= 4 is 39.5 Å². The van der Waals surface area contributed by atoms with Gasteiger partial charge in [-0.25, -0.2) is 4.79 Å². The van der Waals surface area contributed by atoms with Crippen LogP contribution in [0.3, 0.4) is 0 Å². The Balaban J connectivity index is 1.72. The first-order chi connectivity index (χ1) is 11.9. The zero-order chi connectivity index (χ0) is 18.0. The topological polar surface area (TPSA) is 78.5 Å². The van der Waals surface area contributed by atoms with Gasteiger partial charge in [-0.3, -0.25) is 14.5 Å². The maximum absolute atomic E-state index is 12.7. The van der Waals surface area contributed by atoms with Crippen LogP contribution in [0.1, 0.15) is 12.5 Å². The molecule has 4 amide bonds. The zero-order valence-corrected chi connectivity index (χ0v) is 15.0. The highest BCUT2D eigenvalue weighted by molar-refractivity contribution is 9.10. The van der Waals surface area contributed by atoms with Crippen molar-refractivity contribution in [1.82, 2.24) is 10.2 Å². The normalized spacial score (nSPS) is 19.7. The number of hydrogen-bond donors (Lipinski definition) is 2. The molecule has 3 rings (SSSR count). The van der Waals surface area contributed by atoms with Gasteiger partial charge in [-0.2, -0.15) is 0 Å². The highest BCUT2D eigenvalue weighted by Crippen LogP contribution is 2.28. The number of amides is 4. The van der Waals surface area contributed by atoms with Gasteiger partial charge in [-0.15, -0.1) is 0 Å². The van der Waals surface area contributed by atoms with E-state index >= 15 is 0 Å². The molecule has 0 saturated carbocycles. The minimum Gasteiger partial charge on any atom is -0.325 e. The maximum Gasteiger partial charge on any atom is 0.325 e. The van der Waals surface area contributed by atoms with Crippen molar-refractivity contribution in [1.29, 1.82) is 0 Å². The lowest BCUT2D eigenvalue weighted by atomic mass is 9.92. The summed E-state index contributed by atoms with van der Waals surface area (Å²) in [5, 5.41) is 5.34.